The van der Waals surface area contributed by atoms with Gasteiger partial charge in [-0.15, -0.1) is 11.8 Å². The first-order chi connectivity index (χ1) is 5.93. The first-order valence-electron chi connectivity index (χ1n) is 3.16. The summed E-state index contributed by atoms with van der Waals surface area (Å²) in [6.45, 7) is 0. The fourth-order valence-electron chi connectivity index (χ4n) is 0.557. The minimum absolute atomic E-state index is 1.33. The van der Waals surface area contributed by atoms with Crippen LogP contribution in [0.4, 0.5) is 0 Å². The lowest BCUT2D eigenvalue weighted by molar-refractivity contribution is 0.621. The number of rotatable bonds is 1. The zero-order chi connectivity index (χ0) is 10.3. The Balaban J connectivity index is 0.000000252. The SMILES string of the molecule is CSc1ccccc1.O=S(=O)(Cl)Cl. The van der Waals surface area contributed by atoms with E-state index in [-0.39, 0.29) is 0 Å². The molecule has 0 N–H and O–H groups in total. The lowest BCUT2D eigenvalue weighted by Crippen LogP contribution is -1.63. The summed E-state index contributed by atoms with van der Waals surface area (Å²) < 4.78 is 18.3. The number of thioether (sulfide) groups is 1. The molecule has 0 fully saturated rings. The van der Waals surface area contributed by atoms with Gasteiger partial charge < -0.3 is 0 Å². The van der Waals surface area contributed by atoms with Gasteiger partial charge in [0.2, 0.25) is 0 Å². The lowest BCUT2D eigenvalue weighted by atomic mass is 10.4. The van der Waals surface area contributed by atoms with Crippen molar-refractivity contribution >= 4 is 41.4 Å². The molecule has 74 valence electrons. The van der Waals surface area contributed by atoms with Gasteiger partial charge in [-0.2, -0.15) is 8.42 Å². The Morgan fingerprint density at radius 1 is 1.15 bits per heavy atom. The van der Waals surface area contributed by atoms with Crippen molar-refractivity contribution in [3.63, 3.8) is 0 Å². The van der Waals surface area contributed by atoms with Crippen molar-refractivity contribution in [1.82, 2.24) is 0 Å². The molecule has 0 radical (unpaired) electrons. The lowest BCUT2D eigenvalue weighted by Gasteiger charge is -1.89. The quantitative estimate of drug-likeness (QED) is 0.574. The highest BCUT2D eigenvalue weighted by atomic mass is 36.0. The van der Waals surface area contributed by atoms with Crippen molar-refractivity contribution in [2.24, 2.45) is 0 Å². The average Bonchev–Trinajstić information content (AvgIpc) is 2.03. The van der Waals surface area contributed by atoms with E-state index in [1.165, 1.54) is 4.90 Å². The van der Waals surface area contributed by atoms with Gasteiger partial charge >= 0.3 is 8.26 Å². The van der Waals surface area contributed by atoms with Crippen LogP contribution < -0.4 is 0 Å². The third-order valence-electron chi connectivity index (χ3n) is 0.979. The second-order valence-electron chi connectivity index (χ2n) is 1.90. The highest BCUT2D eigenvalue weighted by molar-refractivity contribution is 8.31. The van der Waals surface area contributed by atoms with Gasteiger partial charge in [0.15, 0.2) is 0 Å². The van der Waals surface area contributed by atoms with Gasteiger partial charge in [-0.05, 0) is 18.4 Å². The van der Waals surface area contributed by atoms with E-state index in [9.17, 15) is 0 Å². The third kappa shape index (κ3) is 12.1. The average molecular weight is 259 g/mol. The van der Waals surface area contributed by atoms with E-state index in [1.54, 1.807) is 11.8 Å². The molecule has 0 aromatic heterocycles. The standard InChI is InChI=1S/C7H8S.Cl2O2S/c1-8-7-5-3-2-4-6-7;1-5(2,3)4/h2-6H,1H3;. The van der Waals surface area contributed by atoms with E-state index in [0.29, 0.717) is 0 Å². The molecule has 0 aliphatic rings. The Hall–Kier alpha value is 0.1000. The summed E-state index contributed by atoms with van der Waals surface area (Å²) in [5, 5.41) is 0. The van der Waals surface area contributed by atoms with E-state index in [4.69, 9.17) is 8.42 Å². The van der Waals surface area contributed by atoms with Crippen LogP contribution in [0.25, 0.3) is 0 Å². The van der Waals surface area contributed by atoms with Crippen LogP contribution in [0.15, 0.2) is 35.2 Å². The third-order valence-corrected chi connectivity index (χ3v) is 1.72. The molecule has 0 aliphatic heterocycles. The van der Waals surface area contributed by atoms with Crippen LogP contribution in [0, 0.1) is 0 Å². The summed E-state index contributed by atoms with van der Waals surface area (Å²) in [5.41, 5.74) is 0. The Morgan fingerprint density at radius 3 is 1.77 bits per heavy atom. The molecule has 0 bridgehead atoms. The molecule has 1 aromatic rings. The fourth-order valence-corrected chi connectivity index (χ4v) is 0.986. The smallest absolute Gasteiger partial charge is 0.195 e. The van der Waals surface area contributed by atoms with Crippen molar-refractivity contribution in [2.45, 2.75) is 4.90 Å². The predicted octanol–water partition coefficient (Wildman–Crippen LogP) is 3.12. The van der Waals surface area contributed by atoms with Crippen LogP contribution in [-0.4, -0.2) is 14.7 Å². The summed E-state index contributed by atoms with van der Waals surface area (Å²) in [6.07, 6.45) is 2.08. The first-order valence-corrected chi connectivity index (χ1v) is 7.53. The molecule has 0 spiro atoms. The molecule has 0 heterocycles. The molecule has 2 nitrogen and oxygen atoms in total. The number of halogens is 2. The topological polar surface area (TPSA) is 34.1 Å². The number of hydrogen-bond donors (Lipinski definition) is 0. The molecule has 6 heteroatoms. The molecule has 1 rings (SSSR count). The minimum atomic E-state index is -3.72. The van der Waals surface area contributed by atoms with Gasteiger partial charge in [-0.25, -0.2) is 0 Å². The van der Waals surface area contributed by atoms with Crippen LogP contribution in [0.2, 0.25) is 0 Å². The van der Waals surface area contributed by atoms with Gasteiger partial charge in [-0.1, -0.05) is 18.2 Å². The van der Waals surface area contributed by atoms with Gasteiger partial charge in [0, 0.05) is 26.3 Å². The molecule has 0 saturated carbocycles. The Labute approximate surface area is 91.2 Å². The van der Waals surface area contributed by atoms with Crippen molar-refractivity contribution in [3.8, 4) is 0 Å². The van der Waals surface area contributed by atoms with Crippen molar-refractivity contribution in [3.05, 3.63) is 30.3 Å². The second kappa shape index (κ2) is 6.54. The van der Waals surface area contributed by atoms with Crippen LogP contribution in [0.3, 0.4) is 0 Å². The Kier molecular flexibility index (Phi) is 6.59. The maximum atomic E-state index is 9.16. The highest BCUT2D eigenvalue weighted by Gasteiger charge is 1.88. The maximum Gasteiger partial charge on any atom is 0.317 e. The second-order valence-corrected chi connectivity index (χ2v) is 6.44. The Bertz CT molecular complexity index is 316. The number of hydrogen-bond acceptors (Lipinski definition) is 3. The molecular formula is C7H8Cl2O2S2. The summed E-state index contributed by atoms with van der Waals surface area (Å²) in [7, 11) is 4.81. The van der Waals surface area contributed by atoms with Crippen molar-refractivity contribution in [2.75, 3.05) is 6.26 Å². The van der Waals surface area contributed by atoms with Gasteiger partial charge in [-0.3, -0.25) is 0 Å². The van der Waals surface area contributed by atoms with E-state index in [1.807, 2.05) is 18.2 Å². The van der Waals surface area contributed by atoms with Crippen LogP contribution >= 0.6 is 33.1 Å². The zero-order valence-electron chi connectivity index (χ0n) is 6.78. The molecule has 0 saturated heterocycles. The van der Waals surface area contributed by atoms with Crippen molar-refractivity contribution < 1.29 is 8.42 Å². The summed E-state index contributed by atoms with van der Waals surface area (Å²) in [6, 6.07) is 10.3. The normalized spacial score (nSPS) is 10.1. The highest BCUT2D eigenvalue weighted by Crippen LogP contribution is 2.11. The summed E-state index contributed by atoms with van der Waals surface area (Å²) in [5.74, 6) is 0. The van der Waals surface area contributed by atoms with Crippen LogP contribution in [-0.2, 0) is 8.26 Å². The molecule has 0 atom stereocenters. The van der Waals surface area contributed by atoms with E-state index in [0.717, 1.165) is 0 Å². The molecule has 0 aliphatic carbocycles. The van der Waals surface area contributed by atoms with Gasteiger partial charge in [0.25, 0.3) is 0 Å². The fraction of sp³-hybridized carbons (Fsp3) is 0.143. The maximum absolute atomic E-state index is 9.16. The van der Waals surface area contributed by atoms with E-state index in [2.05, 4.69) is 39.8 Å². The molecular weight excluding hydrogens is 251 g/mol. The van der Waals surface area contributed by atoms with Crippen LogP contribution in [0.5, 0.6) is 0 Å². The summed E-state index contributed by atoms with van der Waals surface area (Å²) >= 11 is 1.77. The molecule has 0 amide bonds. The van der Waals surface area contributed by atoms with Crippen molar-refractivity contribution in [1.29, 1.82) is 0 Å². The monoisotopic (exact) mass is 258 g/mol. The molecule has 1 aromatic carbocycles. The predicted molar refractivity (Wildman–Crippen MR) is 58.8 cm³/mol. The molecule has 13 heavy (non-hydrogen) atoms. The Morgan fingerprint density at radius 2 is 1.54 bits per heavy atom. The van der Waals surface area contributed by atoms with Gasteiger partial charge in [0.05, 0.1) is 0 Å². The number of benzene rings is 1. The largest absolute Gasteiger partial charge is 0.317 e. The molecule has 0 unspecified atom stereocenters. The van der Waals surface area contributed by atoms with E-state index >= 15 is 0 Å². The van der Waals surface area contributed by atoms with Gasteiger partial charge in [0.1, 0.15) is 0 Å². The van der Waals surface area contributed by atoms with Crippen LogP contribution in [0.1, 0.15) is 0 Å². The minimum Gasteiger partial charge on any atom is -0.195 e. The first kappa shape index (κ1) is 13.1. The zero-order valence-corrected chi connectivity index (χ0v) is 9.92. The van der Waals surface area contributed by atoms with E-state index < -0.39 is 8.26 Å². The summed E-state index contributed by atoms with van der Waals surface area (Å²) in [4.78, 5) is 1.33.